The molecule has 0 saturated heterocycles. The lowest BCUT2D eigenvalue weighted by Crippen LogP contribution is -2.19. The van der Waals surface area contributed by atoms with Crippen molar-refractivity contribution in [1.29, 1.82) is 0 Å². The summed E-state index contributed by atoms with van der Waals surface area (Å²) in [6, 6.07) is 5.10. The molecule has 3 heteroatoms. The lowest BCUT2D eigenvalue weighted by Gasteiger charge is -2.26. The molecule has 0 bridgehead atoms. The van der Waals surface area contributed by atoms with Crippen LogP contribution in [0, 0.1) is 0 Å². The Morgan fingerprint density at radius 3 is 2.86 bits per heavy atom. The van der Waals surface area contributed by atoms with E-state index in [4.69, 9.17) is 4.42 Å². The molecule has 3 nitrogen and oxygen atoms in total. The summed E-state index contributed by atoms with van der Waals surface area (Å²) in [6.07, 6.45) is 1.22. The lowest BCUT2D eigenvalue weighted by atomic mass is 9.92. The van der Waals surface area contributed by atoms with Crippen molar-refractivity contribution in [3.63, 3.8) is 0 Å². The third kappa shape index (κ3) is 1.27. The van der Waals surface area contributed by atoms with Crippen LogP contribution in [-0.2, 0) is 4.42 Å². The summed E-state index contributed by atoms with van der Waals surface area (Å²) in [6.45, 7) is 3.29. The van der Waals surface area contributed by atoms with Gasteiger partial charge in [-0.3, -0.25) is 0 Å². The fourth-order valence-electron chi connectivity index (χ4n) is 1.66. The minimum Gasteiger partial charge on any atom is -0.846 e. The van der Waals surface area contributed by atoms with Gasteiger partial charge < -0.3 is 10.2 Å². The van der Waals surface area contributed by atoms with Gasteiger partial charge in [0.25, 0.3) is 6.79 Å². The van der Waals surface area contributed by atoms with Crippen molar-refractivity contribution in [1.82, 2.24) is 0 Å². The van der Waals surface area contributed by atoms with Crippen molar-refractivity contribution < 1.29 is 14.6 Å². The van der Waals surface area contributed by atoms with Gasteiger partial charge in [0.15, 0.2) is 0 Å². The van der Waals surface area contributed by atoms with Crippen LogP contribution >= 0.6 is 0 Å². The highest BCUT2D eigenvalue weighted by Crippen LogP contribution is 2.36. The van der Waals surface area contributed by atoms with Crippen LogP contribution in [0.25, 0.3) is 0 Å². The highest BCUT2D eigenvalue weighted by atomic mass is 16.4. The molecule has 0 amide bonds. The summed E-state index contributed by atoms with van der Waals surface area (Å²) in [5.41, 5.74) is 1.09. The van der Waals surface area contributed by atoms with E-state index in [1.807, 2.05) is 0 Å². The first kappa shape index (κ1) is 9.12. The summed E-state index contributed by atoms with van der Waals surface area (Å²) in [5.74, 6) is 0.459. The molecule has 0 aliphatic heterocycles. The molecule has 1 aliphatic rings. The van der Waals surface area contributed by atoms with Crippen molar-refractivity contribution in [3.8, 4) is 5.75 Å². The number of aliphatic hydroxyl groups excluding tert-OH is 1. The van der Waals surface area contributed by atoms with Gasteiger partial charge in [-0.25, -0.2) is 4.42 Å². The normalized spacial score (nSPS) is 24.4. The van der Waals surface area contributed by atoms with E-state index in [0.29, 0.717) is 16.9 Å². The van der Waals surface area contributed by atoms with E-state index in [2.05, 4.69) is 6.79 Å². The van der Waals surface area contributed by atoms with Gasteiger partial charge in [-0.1, -0.05) is 30.4 Å². The summed E-state index contributed by atoms with van der Waals surface area (Å²) in [4.78, 5) is 0. The Kier molecular flexibility index (Phi) is 2.19. The summed E-state index contributed by atoms with van der Waals surface area (Å²) in [5, 5.41) is 21.2. The Balaban J connectivity index is 2.64. The maximum Gasteiger partial charge on any atom is 0.357 e. The molecule has 1 aromatic carbocycles. The zero-order chi connectivity index (χ0) is 10.1. The van der Waals surface area contributed by atoms with Crippen LogP contribution in [0.2, 0.25) is 0 Å². The number of hydrogen-bond donors (Lipinski definition) is 1. The van der Waals surface area contributed by atoms with Gasteiger partial charge in [0.1, 0.15) is 6.10 Å². The molecule has 1 aromatic rings. The van der Waals surface area contributed by atoms with Gasteiger partial charge in [0.05, 0.1) is 5.56 Å². The van der Waals surface area contributed by atoms with Gasteiger partial charge in [0, 0.05) is 6.07 Å². The molecular weight excluding hydrogens is 180 g/mol. The largest absolute Gasteiger partial charge is 0.846 e. The molecule has 0 fully saturated rings. The molecule has 0 aromatic heterocycles. The van der Waals surface area contributed by atoms with Crippen LogP contribution in [0.5, 0.6) is 5.75 Å². The first-order valence-electron chi connectivity index (χ1n) is 4.31. The monoisotopic (exact) mass is 190 g/mol. The fourth-order valence-corrected chi connectivity index (χ4v) is 1.66. The van der Waals surface area contributed by atoms with Crippen molar-refractivity contribution in [2.45, 2.75) is 12.2 Å². The Morgan fingerprint density at radius 2 is 2.14 bits per heavy atom. The van der Waals surface area contributed by atoms with Gasteiger partial charge in [-0.2, -0.15) is 0 Å². The van der Waals surface area contributed by atoms with E-state index in [1.54, 1.807) is 18.2 Å². The quantitative estimate of drug-likeness (QED) is 0.525. The second-order valence-electron chi connectivity index (χ2n) is 3.15. The predicted molar refractivity (Wildman–Crippen MR) is 49.8 cm³/mol. The summed E-state index contributed by atoms with van der Waals surface area (Å²) in [7, 11) is 0. The van der Waals surface area contributed by atoms with Crippen LogP contribution in [0.15, 0.2) is 30.4 Å². The zero-order valence-corrected chi connectivity index (χ0v) is 7.51. The molecule has 2 unspecified atom stereocenters. The first-order valence-corrected chi connectivity index (χ1v) is 4.31. The van der Waals surface area contributed by atoms with E-state index >= 15 is 0 Å². The lowest BCUT2D eigenvalue weighted by molar-refractivity contribution is -0.410. The van der Waals surface area contributed by atoms with Crippen LogP contribution < -0.4 is 5.11 Å². The second-order valence-corrected chi connectivity index (χ2v) is 3.15. The third-order valence-electron chi connectivity index (χ3n) is 2.33. The highest BCUT2D eigenvalue weighted by molar-refractivity contribution is 5.47. The molecule has 1 aliphatic carbocycles. The smallest absolute Gasteiger partial charge is 0.357 e. The number of aliphatic hydroxyl groups is 1. The predicted octanol–water partition coefficient (Wildman–Crippen LogP) is 0.769. The van der Waals surface area contributed by atoms with Crippen LogP contribution in [0.1, 0.15) is 23.3 Å². The van der Waals surface area contributed by atoms with Gasteiger partial charge >= 0.3 is 5.75 Å². The molecule has 14 heavy (non-hydrogen) atoms. The Labute approximate surface area is 81.6 Å². The summed E-state index contributed by atoms with van der Waals surface area (Å²) < 4.78 is 4.85. The molecule has 1 N–H and O–H groups in total. The molecule has 0 heterocycles. The standard InChI is InChI=1S/C11H10O3/c1-14-10-4-2-3-7-8(12)5-6-9(13)11(7)10/h2-6,8-9,13H,1H2. The molecule has 72 valence electrons. The van der Waals surface area contributed by atoms with Crippen LogP contribution in [0.4, 0.5) is 0 Å². The van der Waals surface area contributed by atoms with Crippen LogP contribution in [0.3, 0.4) is 0 Å². The van der Waals surface area contributed by atoms with Gasteiger partial charge in [-0.05, 0) is 5.56 Å². The van der Waals surface area contributed by atoms with Crippen molar-refractivity contribution >= 4 is 6.79 Å². The number of rotatable bonds is 1. The number of benzene rings is 1. The summed E-state index contributed by atoms with van der Waals surface area (Å²) >= 11 is 0. The highest BCUT2D eigenvalue weighted by Gasteiger charge is 2.24. The van der Waals surface area contributed by atoms with E-state index in [0.717, 1.165) is 0 Å². The van der Waals surface area contributed by atoms with Crippen molar-refractivity contribution in [3.05, 3.63) is 41.5 Å². The van der Waals surface area contributed by atoms with E-state index in [1.165, 1.54) is 12.2 Å². The maximum atomic E-state index is 11.5. The van der Waals surface area contributed by atoms with Crippen LogP contribution in [-0.4, -0.2) is 11.9 Å². The average Bonchev–Trinajstić information content (AvgIpc) is 2.23. The molecule has 0 radical (unpaired) electrons. The minimum absolute atomic E-state index is 0.459. The molecule has 2 atom stereocenters. The Morgan fingerprint density at radius 1 is 1.36 bits per heavy atom. The van der Waals surface area contributed by atoms with Gasteiger partial charge in [0.2, 0.25) is 0 Å². The van der Waals surface area contributed by atoms with Gasteiger partial charge in [-0.15, -0.1) is 0 Å². The second kappa shape index (κ2) is 3.36. The topological polar surface area (TPSA) is 54.6 Å². The third-order valence-corrected chi connectivity index (χ3v) is 2.33. The minimum atomic E-state index is -0.927. The van der Waals surface area contributed by atoms with E-state index in [9.17, 15) is 10.2 Å². The van der Waals surface area contributed by atoms with E-state index < -0.39 is 12.2 Å². The molecular formula is C11H10O3. The Bertz CT molecular complexity index is 396. The fraction of sp³-hybridized carbons (Fsp3) is 0.182. The first-order chi connectivity index (χ1) is 6.74. The van der Waals surface area contributed by atoms with Crippen molar-refractivity contribution in [2.24, 2.45) is 0 Å². The average molecular weight is 190 g/mol. The SMILES string of the molecule is C=[O+]c1cccc2c1C(O)C=CC2[O-]. The number of carbonyl (C=O) groups excluding carboxylic acids is 1. The zero-order valence-electron chi connectivity index (χ0n) is 7.51. The maximum absolute atomic E-state index is 11.5. The molecule has 2 rings (SSSR count). The van der Waals surface area contributed by atoms with Crippen molar-refractivity contribution in [2.75, 3.05) is 0 Å². The number of fused-ring (bicyclic) bond motifs is 1. The molecule has 0 spiro atoms. The molecule has 0 saturated carbocycles. The number of hydrogen-bond acceptors (Lipinski definition) is 2. The van der Waals surface area contributed by atoms with E-state index in [-0.39, 0.29) is 0 Å². The Hall–Kier alpha value is -1.45.